The summed E-state index contributed by atoms with van der Waals surface area (Å²) in [4.78, 5) is 17.2. The molecule has 3 N–H and O–H groups in total. The van der Waals surface area contributed by atoms with Crippen molar-refractivity contribution in [1.82, 2.24) is 30.7 Å². The first-order valence-corrected chi connectivity index (χ1v) is 12.2. The molecule has 34 heavy (non-hydrogen) atoms. The fourth-order valence-electron chi connectivity index (χ4n) is 4.68. The highest BCUT2D eigenvalue weighted by atomic mass is 16.5. The second kappa shape index (κ2) is 10.0. The molecule has 0 atom stereocenters. The van der Waals surface area contributed by atoms with Crippen LogP contribution in [0.5, 0.6) is 5.75 Å². The highest BCUT2D eigenvalue weighted by Gasteiger charge is 2.40. The number of aromatic amines is 1. The lowest BCUT2D eigenvalue weighted by atomic mass is 10.1. The van der Waals surface area contributed by atoms with Crippen LogP contribution >= 0.6 is 0 Å². The Kier molecular flexibility index (Phi) is 6.68. The highest BCUT2D eigenvalue weighted by molar-refractivity contribution is 5.81. The number of hydrazine groups is 1. The Hall–Kier alpha value is -3.12. The van der Waals surface area contributed by atoms with E-state index in [9.17, 15) is 0 Å². The summed E-state index contributed by atoms with van der Waals surface area (Å²) in [6.07, 6.45) is 12.5. The van der Waals surface area contributed by atoms with Crippen molar-refractivity contribution >= 4 is 16.7 Å². The summed E-state index contributed by atoms with van der Waals surface area (Å²) < 4.78 is 6.02. The molecule has 2 fully saturated rings. The van der Waals surface area contributed by atoms with E-state index in [1.54, 1.807) is 6.33 Å². The Bertz CT molecular complexity index is 1160. The van der Waals surface area contributed by atoms with Gasteiger partial charge >= 0.3 is 0 Å². The molecule has 1 aromatic carbocycles. The lowest BCUT2D eigenvalue weighted by molar-refractivity contribution is 0.247. The van der Waals surface area contributed by atoms with Crippen molar-refractivity contribution in [2.24, 2.45) is 0 Å². The predicted molar refractivity (Wildman–Crippen MR) is 134 cm³/mol. The molecule has 2 aromatic heterocycles. The summed E-state index contributed by atoms with van der Waals surface area (Å²) >= 11 is 0. The number of nitrogens with one attached hydrogen (secondary N) is 3. The number of hydrogen-bond donors (Lipinski definition) is 3. The van der Waals surface area contributed by atoms with E-state index in [-0.39, 0.29) is 5.66 Å². The quantitative estimate of drug-likeness (QED) is 0.317. The Labute approximate surface area is 201 Å². The minimum atomic E-state index is -0.0499. The maximum atomic E-state index is 6.02. The predicted octanol–water partition coefficient (Wildman–Crippen LogP) is 2.83. The van der Waals surface area contributed by atoms with E-state index in [1.807, 2.05) is 12.3 Å². The number of terminal acetylenes is 1. The molecule has 5 rings (SSSR count). The van der Waals surface area contributed by atoms with Gasteiger partial charge in [-0.2, -0.15) is 0 Å². The summed E-state index contributed by atoms with van der Waals surface area (Å²) in [6, 6.07) is 8.53. The first-order valence-electron chi connectivity index (χ1n) is 12.2. The number of fused-ring (bicyclic) bond motifs is 1. The molecule has 0 saturated carbocycles. The topological polar surface area (TPSA) is 101 Å². The lowest BCUT2D eigenvalue weighted by Gasteiger charge is -2.35. The van der Waals surface area contributed by atoms with Crippen molar-refractivity contribution in [3.63, 3.8) is 0 Å². The van der Waals surface area contributed by atoms with Crippen LogP contribution in [0, 0.1) is 12.3 Å². The van der Waals surface area contributed by atoms with Gasteiger partial charge in [0.1, 0.15) is 17.9 Å². The zero-order chi connectivity index (χ0) is 23.4. The van der Waals surface area contributed by atoms with Gasteiger partial charge in [-0.25, -0.2) is 20.8 Å². The molecule has 8 nitrogen and oxygen atoms in total. The van der Waals surface area contributed by atoms with Crippen LogP contribution in [0.2, 0.25) is 0 Å². The molecular weight excluding hydrogens is 426 g/mol. The molecular formula is C26H33N7O. The van der Waals surface area contributed by atoms with Gasteiger partial charge in [0.2, 0.25) is 0 Å². The van der Waals surface area contributed by atoms with E-state index in [2.05, 4.69) is 66.6 Å². The number of ether oxygens (including phenoxy) is 1. The molecule has 8 heteroatoms. The molecule has 4 heterocycles. The fourth-order valence-corrected chi connectivity index (χ4v) is 4.68. The zero-order valence-electron chi connectivity index (χ0n) is 19.8. The van der Waals surface area contributed by atoms with Gasteiger partial charge in [-0.1, -0.05) is 6.92 Å². The Morgan fingerprint density at radius 1 is 1.15 bits per heavy atom. The van der Waals surface area contributed by atoms with E-state index >= 15 is 0 Å². The Morgan fingerprint density at radius 2 is 2.00 bits per heavy atom. The van der Waals surface area contributed by atoms with E-state index in [1.165, 1.54) is 16.6 Å². The summed E-state index contributed by atoms with van der Waals surface area (Å²) in [5, 5.41) is 1.21. The van der Waals surface area contributed by atoms with Crippen molar-refractivity contribution < 1.29 is 4.74 Å². The van der Waals surface area contributed by atoms with Crippen LogP contribution in [0.25, 0.3) is 10.9 Å². The number of anilines is 1. The standard InChI is InChI=1S/C26H33N7O/c1-3-5-8-26(30-31-26)9-14-34-23-7-6-21-15-22(29-24(21)16-23)18-32-10-12-33(13-11-32)25-20(4-2)17-27-19-28-25/h1,6-7,15-17,19,29-31H,4-5,8-14,18H2,2H3. The maximum Gasteiger partial charge on any atom is 0.135 e. The minimum absolute atomic E-state index is 0.0499. The third kappa shape index (κ3) is 5.17. The van der Waals surface area contributed by atoms with Crippen molar-refractivity contribution in [2.45, 2.75) is 44.8 Å². The zero-order valence-corrected chi connectivity index (χ0v) is 19.8. The Balaban J connectivity index is 1.14. The molecule has 0 radical (unpaired) electrons. The molecule has 178 valence electrons. The molecule has 0 spiro atoms. The molecule has 3 aromatic rings. The van der Waals surface area contributed by atoms with Crippen LogP contribution in [0.3, 0.4) is 0 Å². The third-order valence-corrected chi connectivity index (χ3v) is 6.83. The van der Waals surface area contributed by atoms with E-state index in [4.69, 9.17) is 11.2 Å². The van der Waals surface area contributed by atoms with Gasteiger partial charge in [-0.15, -0.1) is 12.3 Å². The summed E-state index contributed by atoms with van der Waals surface area (Å²) in [7, 11) is 0. The maximum absolute atomic E-state index is 6.02. The number of H-pyrrole nitrogens is 1. The van der Waals surface area contributed by atoms with Crippen molar-refractivity contribution in [1.29, 1.82) is 0 Å². The second-order valence-electron chi connectivity index (χ2n) is 9.17. The number of hydrogen-bond acceptors (Lipinski definition) is 7. The molecule has 0 aliphatic carbocycles. The smallest absolute Gasteiger partial charge is 0.135 e. The van der Waals surface area contributed by atoms with Crippen LogP contribution in [0.4, 0.5) is 5.82 Å². The van der Waals surface area contributed by atoms with Gasteiger partial charge in [0.25, 0.3) is 0 Å². The van der Waals surface area contributed by atoms with Crippen LogP contribution in [0.1, 0.15) is 37.4 Å². The number of rotatable bonds is 10. The second-order valence-corrected chi connectivity index (χ2v) is 9.17. The average molecular weight is 460 g/mol. The fraction of sp³-hybridized carbons (Fsp3) is 0.462. The number of aromatic nitrogens is 3. The minimum Gasteiger partial charge on any atom is -0.493 e. The van der Waals surface area contributed by atoms with Crippen LogP contribution in [0.15, 0.2) is 36.8 Å². The van der Waals surface area contributed by atoms with E-state index in [0.29, 0.717) is 6.61 Å². The van der Waals surface area contributed by atoms with Gasteiger partial charge in [0.15, 0.2) is 0 Å². The monoisotopic (exact) mass is 459 g/mol. The van der Waals surface area contributed by atoms with Crippen LogP contribution < -0.4 is 20.5 Å². The normalized spacial score (nSPS) is 17.6. The first-order chi connectivity index (χ1) is 16.7. The molecule has 2 aliphatic rings. The number of nitrogens with zero attached hydrogens (tertiary/aromatic N) is 4. The van der Waals surface area contributed by atoms with Crippen LogP contribution in [-0.2, 0) is 13.0 Å². The van der Waals surface area contributed by atoms with Gasteiger partial charge in [0, 0.05) is 74.6 Å². The summed E-state index contributed by atoms with van der Waals surface area (Å²) in [5.41, 5.74) is 9.94. The van der Waals surface area contributed by atoms with E-state index in [0.717, 1.165) is 75.5 Å². The van der Waals surface area contributed by atoms with Crippen molar-refractivity contribution in [3.8, 4) is 18.1 Å². The SMILES string of the molecule is C#CCCC1(CCOc2ccc3cc(CN4CCN(c5ncncc5CC)CC4)[nH]c3c2)NN1. The summed E-state index contributed by atoms with van der Waals surface area (Å²) in [5.74, 6) is 4.68. The van der Waals surface area contributed by atoms with Gasteiger partial charge in [-0.05, 0) is 36.4 Å². The molecule has 2 aliphatic heterocycles. The Morgan fingerprint density at radius 3 is 2.76 bits per heavy atom. The summed E-state index contributed by atoms with van der Waals surface area (Å²) in [6.45, 7) is 7.70. The average Bonchev–Trinajstić information content (AvgIpc) is 3.53. The first kappa shape index (κ1) is 22.7. The largest absolute Gasteiger partial charge is 0.493 e. The number of benzene rings is 1. The molecule has 2 saturated heterocycles. The van der Waals surface area contributed by atoms with E-state index < -0.39 is 0 Å². The molecule has 0 bridgehead atoms. The number of piperazine rings is 1. The van der Waals surface area contributed by atoms with Crippen LogP contribution in [-0.4, -0.2) is 58.3 Å². The lowest BCUT2D eigenvalue weighted by Crippen LogP contribution is -2.46. The van der Waals surface area contributed by atoms with Crippen molar-refractivity contribution in [2.75, 3.05) is 37.7 Å². The van der Waals surface area contributed by atoms with Gasteiger partial charge < -0.3 is 14.6 Å². The molecule has 0 unspecified atom stereocenters. The molecule has 0 amide bonds. The third-order valence-electron chi connectivity index (χ3n) is 6.83. The van der Waals surface area contributed by atoms with Gasteiger partial charge in [-0.3, -0.25) is 4.90 Å². The van der Waals surface area contributed by atoms with Crippen molar-refractivity contribution in [3.05, 3.63) is 48.0 Å². The van der Waals surface area contributed by atoms with Gasteiger partial charge in [0.05, 0.1) is 12.3 Å². The highest BCUT2D eigenvalue weighted by Crippen LogP contribution is 2.26. The number of aryl methyl sites for hydroxylation is 1.